The van der Waals surface area contributed by atoms with Crippen LogP contribution in [0.15, 0.2) is 12.2 Å². The molecule has 0 saturated heterocycles. The van der Waals surface area contributed by atoms with E-state index in [1.165, 1.54) is 0 Å². The van der Waals surface area contributed by atoms with Crippen LogP contribution < -0.4 is 16.4 Å². The van der Waals surface area contributed by atoms with Gasteiger partial charge in [-0.2, -0.15) is 0 Å². The number of hydrogen-bond donors (Lipinski definition) is 3. The van der Waals surface area contributed by atoms with Crippen molar-refractivity contribution in [2.75, 3.05) is 19.6 Å². The Bertz CT molecular complexity index is 303. The van der Waals surface area contributed by atoms with E-state index in [9.17, 15) is 9.59 Å². The summed E-state index contributed by atoms with van der Waals surface area (Å²) in [6.45, 7) is 7.14. The fourth-order valence-corrected chi connectivity index (χ4v) is 1.72. The highest BCUT2D eigenvalue weighted by atomic mass is 16.2. The number of amides is 2. The summed E-state index contributed by atoms with van der Waals surface area (Å²) in [7, 11) is 0. The van der Waals surface area contributed by atoms with E-state index >= 15 is 0 Å². The minimum absolute atomic E-state index is 0.0926. The van der Waals surface area contributed by atoms with Gasteiger partial charge in [0.25, 0.3) is 0 Å². The van der Waals surface area contributed by atoms with E-state index in [2.05, 4.69) is 17.2 Å². The van der Waals surface area contributed by atoms with E-state index < -0.39 is 0 Å². The third kappa shape index (κ3) is 11.7. The molecule has 0 bridgehead atoms. The van der Waals surface area contributed by atoms with Crippen molar-refractivity contribution >= 4 is 11.8 Å². The minimum Gasteiger partial charge on any atom is -0.356 e. The lowest BCUT2D eigenvalue weighted by Crippen LogP contribution is -2.29. The van der Waals surface area contributed by atoms with E-state index in [-0.39, 0.29) is 11.8 Å². The average Bonchev–Trinajstić information content (AvgIpc) is 2.41. The summed E-state index contributed by atoms with van der Waals surface area (Å²) in [5, 5.41) is 5.58. The van der Waals surface area contributed by atoms with Crippen LogP contribution in [0.1, 0.15) is 51.9 Å². The second-order valence-corrected chi connectivity index (χ2v) is 5.05. The highest BCUT2D eigenvalue weighted by Crippen LogP contribution is 2.04. The lowest BCUT2D eigenvalue weighted by atomic mass is 10.1. The largest absolute Gasteiger partial charge is 0.356 e. The van der Waals surface area contributed by atoms with Crippen molar-refractivity contribution in [2.45, 2.75) is 51.9 Å². The Morgan fingerprint density at radius 3 is 2.20 bits per heavy atom. The predicted molar refractivity (Wildman–Crippen MR) is 82.2 cm³/mol. The zero-order chi connectivity index (χ0) is 15.2. The molecule has 0 saturated carbocycles. The van der Waals surface area contributed by atoms with Gasteiger partial charge >= 0.3 is 0 Å². The number of carbonyl (C=O) groups excluding carboxylic acids is 2. The molecule has 0 aromatic rings. The fourth-order valence-electron chi connectivity index (χ4n) is 1.72. The van der Waals surface area contributed by atoms with Crippen LogP contribution in [0.2, 0.25) is 0 Å². The van der Waals surface area contributed by atoms with Crippen LogP contribution in [0.3, 0.4) is 0 Å². The Morgan fingerprint density at radius 2 is 1.55 bits per heavy atom. The van der Waals surface area contributed by atoms with Crippen LogP contribution >= 0.6 is 0 Å². The van der Waals surface area contributed by atoms with E-state index in [0.29, 0.717) is 25.1 Å². The highest BCUT2D eigenvalue weighted by Gasteiger charge is 2.02. The Morgan fingerprint density at radius 1 is 0.950 bits per heavy atom. The lowest BCUT2D eigenvalue weighted by molar-refractivity contribution is -0.121. The Labute approximate surface area is 122 Å². The van der Waals surface area contributed by atoms with Crippen LogP contribution in [0, 0.1) is 0 Å². The molecule has 0 aromatic heterocycles. The normalized spacial score (nSPS) is 10.1. The molecule has 0 spiro atoms. The van der Waals surface area contributed by atoms with Gasteiger partial charge in [0, 0.05) is 25.1 Å². The summed E-state index contributed by atoms with van der Waals surface area (Å²) < 4.78 is 0. The van der Waals surface area contributed by atoms with Gasteiger partial charge in [-0.25, -0.2) is 0 Å². The molecule has 20 heavy (non-hydrogen) atoms. The summed E-state index contributed by atoms with van der Waals surface area (Å²) in [5.41, 5.74) is 5.91. The monoisotopic (exact) mass is 283 g/mol. The molecular formula is C15H29N3O2. The Hall–Kier alpha value is -1.36. The van der Waals surface area contributed by atoms with Crippen LogP contribution in [-0.2, 0) is 9.59 Å². The van der Waals surface area contributed by atoms with E-state index in [4.69, 9.17) is 5.73 Å². The van der Waals surface area contributed by atoms with Crippen molar-refractivity contribution in [3.63, 3.8) is 0 Å². The molecule has 0 atom stereocenters. The average molecular weight is 283 g/mol. The SMILES string of the molecule is C=C(C)C(=O)NCCCNC(=O)CCCCCCCN. The molecule has 0 heterocycles. The molecule has 0 aromatic carbocycles. The van der Waals surface area contributed by atoms with Gasteiger partial charge < -0.3 is 16.4 Å². The summed E-state index contributed by atoms with van der Waals surface area (Å²) in [5.74, 6) is -0.0381. The van der Waals surface area contributed by atoms with Crippen molar-refractivity contribution in [1.29, 1.82) is 0 Å². The second-order valence-electron chi connectivity index (χ2n) is 5.05. The van der Waals surface area contributed by atoms with Crippen molar-refractivity contribution in [3.05, 3.63) is 12.2 Å². The minimum atomic E-state index is -0.131. The fraction of sp³-hybridized carbons (Fsp3) is 0.733. The third-order valence-corrected chi connectivity index (χ3v) is 2.96. The maximum atomic E-state index is 11.5. The first-order chi connectivity index (χ1) is 9.57. The second kappa shape index (κ2) is 12.7. The lowest BCUT2D eigenvalue weighted by Gasteiger charge is -2.06. The quantitative estimate of drug-likeness (QED) is 0.375. The molecule has 0 unspecified atom stereocenters. The van der Waals surface area contributed by atoms with Crippen molar-refractivity contribution in [2.24, 2.45) is 5.73 Å². The summed E-state index contributed by atoms with van der Waals surface area (Å²) in [6.07, 6.45) is 6.72. The molecule has 0 aliphatic rings. The van der Waals surface area contributed by atoms with Gasteiger partial charge in [0.1, 0.15) is 0 Å². The third-order valence-electron chi connectivity index (χ3n) is 2.96. The highest BCUT2D eigenvalue weighted by molar-refractivity contribution is 5.92. The maximum absolute atomic E-state index is 11.5. The molecule has 0 fully saturated rings. The maximum Gasteiger partial charge on any atom is 0.246 e. The van der Waals surface area contributed by atoms with Gasteiger partial charge in [0.15, 0.2) is 0 Å². The summed E-state index contributed by atoms with van der Waals surface area (Å²) in [4.78, 5) is 22.7. The van der Waals surface area contributed by atoms with Crippen molar-refractivity contribution in [3.8, 4) is 0 Å². The van der Waals surface area contributed by atoms with E-state index in [1.54, 1.807) is 6.92 Å². The summed E-state index contributed by atoms with van der Waals surface area (Å²) >= 11 is 0. The van der Waals surface area contributed by atoms with Crippen molar-refractivity contribution in [1.82, 2.24) is 10.6 Å². The number of nitrogens with two attached hydrogens (primary N) is 1. The number of carbonyl (C=O) groups is 2. The first-order valence-electron chi connectivity index (χ1n) is 7.48. The van der Waals surface area contributed by atoms with Crippen molar-refractivity contribution < 1.29 is 9.59 Å². The zero-order valence-corrected chi connectivity index (χ0v) is 12.7. The molecular weight excluding hydrogens is 254 g/mol. The number of hydrogen-bond acceptors (Lipinski definition) is 3. The molecule has 0 rings (SSSR count). The Balaban J connectivity index is 3.32. The molecule has 0 radical (unpaired) electrons. The summed E-state index contributed by atoms with van der Waals surface area (Å²) in [6, 6.07) is 0. The van der Waals surface area contributed by atoms with E-state index in [0.717, 1.165) is 45.1 Å². The molecule has 5 heteroatoms. The van der Waals surface area contributed by atoms with Gasteiger partial charge in [-0.05, 0) is 32.7 Å². The predicted octanol–water partition coefficient (Wildman–Crippen LogP) is 1.48. The molecule has 0 aliphatic carbocycles. The van der Waals surface area contributed by atoms with Gasteiger partial charge in [-0.15, -0.1) is 0 Å². The smallest absolute Gasteiger partial charge is 0.246 e. The molecule has 5 nitrogen and oxygen atoms in total. The number of unbranched alkanes of at least 4 members (excludes halogenated alkanes) is 4. The van der Waals surface area contributed by atoms with Gasteiger partial charge in [-0.1, -0.05) is 25.8 Å². The molecule has 0 aliphatic heterocycles. The van der Waals surface area contributed by atoms with E-state index in [1.807, 2.05) is 0 Å². The van der Waals surface area contributed by atoms with Gasteiger partial charge in [-0.3, -0.25) is 9.59 Å². The van der Waals surface area contributed by atoms with Crippen LogP contribution in [-0.4, -0.2) is 31.4 Å². The molecule has 4 N–H and O–H groups in total. The standard InChI is InChI=1S/C15H29N3O2/c1-13(2)15(20)18-12-8-11-17-14(19)9-6-4-3-5-7-10-16/h1,3-12,16H2,2H3,(H,17,19)(H,18,20). The number of nitrogens with one attached hydrogen (secondary N) is 2. The first-order valence-corrected chi connectivity index (χ1v) is 7.48. The van der Waals surface area contributed by atoms with Crippen LogP contribution in [0.5, 0.6) is 0 Å². The van der Waals surface area contributed by atoms with Gasteiger partial charge in [0.2, 0.25) is 11.8 Å². The molecule has 2 amide bonds. The van der Waals surface area contributed by atoms with Crippen LogP contribution in [0.25, 0.3) is 0 Å². The molecule has 116 valence electrons. The Kier molecular flexibility index (Phi) is 11.8. The zero-order valence-electron chi connectivity index (χ0n) is 12.7. The number of rotatable bonds is 12. The van der Waals surface area contributed by atoms with Gasteiger partial charge in [0.05, 0.1) is 0 Å². The first kappa shape index (κ1) is 18.6. The topological polar surface area (TPSA) is 84.2 Å². The van der Waals surface area contributed by atoms with Crippen LogP contribution in [0.4, 0.5) is 0 Å².